The molecule has 3 aromatic rings. The van der Waals surface area contributed by atoms with Gasteiger partial charge in [0.2, 0.25) is 0 Å². The molecule has 37 heavy (non-hydrogen) atoms. The number of aromatic nitrogens is 1. The molecule has 0 aliphatic heterocycles. The fraction of sp³-hybridized carbons (Fsp3) is 0.423. The molecule has 0 saturated heterocycles. The quantitative estimate of drug-likeness (QED) is 0.289. The summed E-state index contributed by atoms with van der Waals surface area (Å²) < 4.78 is 13.1. The monoisotopic (exact) mass is 734 g/mol. The van der Waals surface area contributed by atoms with E-state index in [-0.39, 0.29) is 17.4 Å². The number of rotatable bonds is 8. The summed E-state index contributed by atoms with van der Waals surface area (Å²) in [6, 6.07) is 7.56. The molecule has 0 unspecified atom stereocenters. The first-order valence-corrected chi connectivity index (χ1v) is 13.8. The summed E-state index contributed by atoms with van der Waals surface area (Å²) in [5, 5.41) is 13.4. The van der Waals surface area contributed by atoms with Crippen LogP contribution in [0.2, 0.25) is 0 Å². The first-order valence-electron chi connectivity index (χ1n) is 11.6. The number of aryl methyl sites for hydroxylation is 1. The van der Waals surface area contributed by atoms with Crippen LogP contribution >= 0.6 is 45.2 Å². The summed E-state index contributed by atoms with van der Waals surface area (Å²) in [4.78, 5) is 33.0. The molecule has 0 fully saturated rings. The Bertz CT molecular complexity index is 1340. The maximum Gasteiger partial charge on any atom is 0.412 e. The van der Waals surface area contributed by atoms with Crippen molar-refractivity contribution in [1.29, 1.82) is 0 Å². The standard InChI is InChI=1S/C26H32I2N4O5/c1-14-20(32(25(34)35)26(2,3)4)9-8-19-21(14)23(33)37-24(30-19)29-16(13-31(5)6)10-15-11-17(27)22(36-7)18(28)12-15/h8-9,11-12,16H,10,13H2,1-7H3,(H,29,30)(H,34,35)/t16-/m0/s1. The Morgan fingerprint density at radius 2 is 1.84 bits per heavy atom. The van der Waals surface area contributed by atoms with Crippen molar-refractivity contribution in [2.24, 2.45) is 0 Å². The zero-order valence-corrected chi connectivity index (χ0v) is 26.3. The number of hydrogen-bond acceptors (Lipinski definition) is 7. The zero-order chi connectivity index (χ0) is 27.7. The van der Waals surface area contributed by atoms with Gasteiger partial charge in [-0.25, -0.2) is 9.59 Å². The van der Waals surface area contributed by atoms with Gasteiger partial charge < -0.3 is 24.5 Å². The smallest absolute Gasteiger partial charge is 0.412 e. The van der Waals surface area contributed by atoms with Crippen LogP contribution in [0.15, 0.2) is 33.5 Å². The fourth-order valence-corrected chi connectivity index (χ4v) is 6.69. The Labute approximate surface area is 243 Å². The highest BCUT2D eigenvalue weighted by Crippen LogP contribution is 2.32. The van der Waals surface area contributed by atoms with Gasteiger partial charge in [-0.2, -0.15) is 4.98 Å². The zero-order valence-electron chi connectivity index (χ0n) is 22.0. The molecule has 1 heterocycles. The van der Waals surface area contributed by atoms with Gasteiger partial charge in [-0.05, 0) is 129 Å². The number of hydrogen-bond donors (Lipinski definition) is 2. The normalized spacial score (nSPS) is 12.6. The summed E-state index contributed by atoms with van der Waals surface area (Å²) in [6.45, 7) is 7.79. The highest BCUT2D eigenvalue weighted by atomic mass is 127. The van der Waals surface area contributed by atoms with Gasteiger partial charge in [0.05, 0.1) is 30.8 Å². The topological polar surface area (TPSA) is 108 Å². The number of methoxy groups -OCH3 is 1. The lowest BCUT2D eigenvalue weighted by Gasteiger charge is -2.34. The summed E-state index contributed by atoms with van der Waals surface area (Å²) in [6.07, 6.45) is -0.422. The molecule has 1 aromatic heterocycles. The van der Waals surface area contributed by atoms with Gasteiger partial charge in [0, 0.05) is 18.1 Å². The van der Waals surface area contributed by atoms with Crippen molar-refractivity contribution >= 4 is 73.9 Å². The van der Waals surface area contributed by atoms with Crippen LogP contribution in [0.1, 0.15) is 31.9 Å². The van der Waals surface area contributed by atoms with Crippen molar-refractivity contribution in [3.8, 4) is 5.75 Å². The minimum atomic E-state index is -1.10. The Kier molecular flexibility index (Phi) is 9.32. The molecule has 0 aliphatic rings. The number of carbonyl (C=O) groups is 1. The Morgan fingerprint density at radius 1 is 1.22 bits per heavy atom. The minimum Gasteiger partial charge on any atom is -0.495 e. The van der Waals surface area contributed by atoms with Gasteiger partial charge in [0.1, 0.15) is 5.75 Å². The summed E-state index contributed by atoms with van der Waals surface area (Å²) in [7, 11) is 5.62. The van der Waals surface area contributed by atoms with Crippen LogP contribution in [-0.4, -0.2) is 60.4 Å². The maximum absolute atomic E-state index is 13.1. The van der Waals surface area contributed by atoms with E-state index in [4.69, 9.17) is 9.15 Å². The molecule has 200 valence electrons. The van der Waals surface area contributed by atoms with Crippen LogP contribution in [0, 0.1) is 14.1 Å². The molecular weight excluding hydrogens is 702 g/mol. The van der Waals surface area contributed by atoms with Crippen molar-refractivity contribution in [3.05, 3.63) is 53.0 Å². The third-order valence-corrected chi connectivity index (χ3v) is 7.39. The SMILES string of the molecule is COc1c(I)cc(C[C@@H](CN(C)C)Nc2nc3ccc(N(C(=O)O)C(C)(C)C)c(C)c3c(=O)o2)cc1I. The Morgan fingerprint density at radius 3 is 2.35 bits per heavy atom. The lowest BCUT2D eigenvalue weighted by atomic mass is 10.0. The number of benzene rings is 2. The van der Waals surface area contributed by atoms with Gasteiger partial charge in [0.15, 0.2) is 0 Å². The van der Waals surface area contributed by atoms with Gasteiger partial charge in [-0.1, -0.05) is 0 Å². The van der Waals surface area contributed by atoms with Crippen molar-refractivity contribution in [2.75, 3.05) is 38.0 Å². The number of carboxylic acid groups (broad SMARTS) is 1. The van der Waals surface area contributed by atoms with Gasteiger partial charge in [-0.3, -0.25) is 4.90 Å². The molecule has 3 rings (SSSR count). The van der Waals surface area contributed by atoms with E-state index in [1.165, 1.54) is 4.90 Å². The van der Waals surface area contributed by atoms with E-state index in [1.54, 1.807) is 46.9 Å². The molecule has 1 atom stereocenters. The highest BCUT2D eigenvalue weighted by Gasteiger charge is 2.30. The molecule has 2 N–H and O–H groups in total. The van der Waals surface area contributed by atoms with E-state index < -0.39 is 17.3 Å². The van der Waals surface area contributed by atoms with Crippen LogP contribution in [0.4, 0.5) is 16.5 Å². The van der Waals surface area contributed by atoms with Crippen LogP contribution in [0.25, 0.3) is 10.9 Å². The van der Waals surface area contributed by atoms with E-state index in [0.717, 1.165) is 18.5 Å². The second kappa shape index (κ2) is 11.7. The maximum atomic E-state index is 13.1. The number of likely N-dealkylation sites (N-methyl/N-ethyl adjacent to an activating group) is 1. The molecule has 9 nitrogen and oxygen atoms in total. The van der Waals surface area contributed by atoms with E-state index in [9.17, 15) is 14.7 Å². The second-order valence-electron chi connectivity index (χ2n) is 10.1. The summed E-state index contributed by atoms with van der Waals surface area (Å²) in [5.74, 6) is 0.854. The van der Waals surface area contributed by atoms with E-state index in [0.29, 0.717) is 29.7 Å². The molecule has 0 bridgehead atoms. The Balaban J connectivity index is 1.99. The summed E-state index contributed by atoms with van der Waals surface area (Å²) >= 11 is 4.53. The second-order valence-corrected chi connectivity index (χ2v) is 12.4. The molecule has 11 heteroatoms. The number of nitrogens with one attached hydrogen (secondary N) is 1. The Hall–Kier alpha value is -2.13. The van der Waals surface area contributed by atoms with Crippen molar-refractivity contribution in [1.82, 2.24) is 9.88 Å². The molecule has 0 radical (unpaired) electrons. The van der Waals surface area contributed by atoms with E-state index in [1.807, 2.05) is 14.1 Å². The largest absolute Gasteiger partial charge is 0.495 e. The van der Waals surface area contributed by atoms with E-state index in [2.05, 4.69) is 72.5 Å². The van der Waals surface area contributed by atoms with Crippen LogP contribution < -0.4 is 20.6 Å². The minimum absolute atomic E-state index is 0.0909. The van der Waals surface area contributed by atoms with Crippen molar-refractivity contribution in [3.63, 3.8) is 0 Å². The van der Waals surface area contributed by atoms with Gasteiger partial charge in [-0.15, -0.1) is 0 Å². The molecule has 1 amide bonds. The number of amides is 1. The first-order chi connectivity index (χ1) is 17.2. The van der Waals surface area contributed by atoms with Crippen LogP contribution in [-0.2, 0) is 6.42 Å². The van der Waals surface area contributed by atoms with Crippen molar-refractivity contribution < 1.29 is 19.1 Å². The lowest BCUT2D eigenvalue weighted by Crippen LogP contribution is -2.45. The van der Waals surface area contributed by atoms with Gasteiger partial charge in [0.25, 0.3) is 6.01 Å². The average Bonchev–Trinajstić information content (AvgIpc) is 2.73. The molecule has 0 aliphatic carbocycles. The summed E-state index contributed by atoms with van der Waals surface area (Å²) in [5.41, 5.74) is 1.23. The molecular formula is C26H32I2N4O5. The third kappa shape index (κ3) is 6.85. The predicted octanol–water partition coefficient (Wildman–Crippen LogP) is 5.58. The average molecular weight is 734 g/mol. The van der Waals surface area contributed by atoms with Crippen LogP contribution in [0.3, 0.4) is 0 Å². The number of halogens is 2. The highest BCUT2D eigenvalue weighted by molar-refractivity contribution is 14.1. The number of anilines is 2. The predicted molar refractivity (Wildman–Crippen MR) is 163 cm³/mol. The molecule has 0 saturated carbocycles. The first kappa shape index (κ1) is 29.4. The number of ether oxygens (including phenoxy) is 1. The number of nitrogens with zero attached hydrogens (tertiary/aromatic N) is 3. The fourth-order valence-electron chi connectivity index (χ4n) is 4.35. The lowest BCUT2D eigenvalue weighted by molar-refractivity contribution is 0.195. The number of fused-ring (bicyclic) bond motifs is 1. The van der Waals surface area contributed by atoms with Crippen LogP contribution in [0.5, 0.6) is 5.75 Å². The van der Waals surface area contributed by atoms with E-state index >= 15 is 0 Å². The van der Waals surface area contributed by atoms with Crippen molar-refractivity contribution in [2.45, 2.75) is 45.7 Å². The molecule has 0 spiro atoms. The third-order valence-electron chi connectivity index (χ3n) is 5.79. The molecule has 2 aromatic carbocycles. The van der Waals surface area contributed by atoms with Gasteiger partial charge >= 0.3 is 11.7 Å².